The monoisotopic (exact) mass is 297 g/mol. The lowest BCUT2D eigenvalue weighted by Crippen LogP contribution is -2.36. The molecule has 2 rings (SSSR count). The van der Waals surface area contributed by atoms with Crippen LogP contribution >= 0.6 is 0 Å². The molecule has 0 fully saturated rings. The molecule has 2 aromatic rings. The average Bonchev–Trinajstić information content (AvgIpc) is 2.55. The number of nitrogens with two attached hydrogens (primary N) is 1. The van der Waals surface area contributed by atoms with Gasteiger partial charge in [-0.3, -0.25) is 0 Å². The van der Waals surface area contributed by atoms with Crippen molar-refractivity contribution < 1.29 is 4.79 Å². The van der Waals surface area contributed by atoms with Crippen LogP contribution in [-0.2, 0) is 5.54 Å². The zero-order chi connectivity index (χ0) is 16.0. The molecule has 0 heterocycles. The predicted molar refractivity (Wildman–Crippen MR) is 92.0 cm³/mol. The number of carbonyl (C=O) groups excluding carboxylic acids is 1. The van der Waals surface area contributed by atoms with Crippen molar-refractivity contribution in [3.8, 4) is 0 Å². The summed E-state index contributed by atoms with van der Waals surface area (Å²) < 4.78 is 0. The zero-order valence-corrected chi connectivity index (χ0v) is 13.1. The highest BCUT2D eigenvalue weighted by molar-refractivity contribution is 6.00. The van der Waals surface area contributed by atoms with Gasteiger partial charge in [-0.1, -0.05) is 50.2 Å². The smallest absolute Gasteiger partial charge is 0.321 e. The van der Waals surface area contributed by atoms with Crippen LogP contribution in [0.15, 0.2) is 54.6 Å². The van der Waals surface area contributed by atoms with Crippen LogP contribution in [0.25, 0.3) is 0 Å². The standard InChI is InChI=1S/C18H23N3O/c1-3-18(19,4-2)15-12-8-9-13-16(15)21-17(22)20-14-10-6-5-7-11-14/h5-13H,3-4,19H2,1-2H3,(H2,20,21,22). The number of rotatable bonds is 5. The van der Waals surface area contributed by atoms with Crippen LogP contribution in [0.1, 0.15) is 32.3 Å². The van der Waals surface area contributed by atoms with Crippen LogP contribution in [0.5, 0.6) is 0 Å². The molecular weight excluding hydrogens is 274 g/mol. The Morgan fingerprint density at radius 3 is 2.18 bits per heavy atom. The van der Waals surface area contributed by atoms with Crippen molar-refractivity contribution in [1.82, 2.24) is 0 Å². The summed E-state index contributed by atoms with van der Waals surface area (Å²) in [6.07, 6.45) is 1.62. The summed E-state index contributed by atoms with van der Waals surface area (Å²) in [7, 11) is 0. The number of carbonyl (C=O) groups is 1. The van der Waals surface area contributed by atoms with E-state index < -0.39 is 5.54 Å². The minimum absolute atomic E-state index is 0.270. The molecule has 116 valence electrons. The summed E-state index contributed by atoms with van der Waals surface area (Å²) in [4.78, 5) is 12.2. The third-order valence-corrected chi connectivity index (χ3v) is 4.01. The fourth-order valence-electron chi connectivity index (χ4n) is 2.46. The quantitative estimate of drug-likeness (QED) is 0.770. The summed E-state index contributed by atoms with van der Waals surface area (Å²) in [5.41, 5.74) is 8.51. The van der Waals surface area contributed by atoms with Gasteiger partial charge in [-0.05, 0) is 36.6 Å². The number of amides is 2. The number of anilines is 2. The van der Waals surface area contributed by atoms with Crippen LogP contribution in [0, 0.1) is 0 Å². The van der Waals surface area contributed by atoms with Crippen molar-refractivity contribution in [2.45, 2.75) is 32.2 Å². The zero-order valence-electron chi connectivity index (χ0n) is 13.1. The molecule has 4 heteroatoms. The first kappa shape index (κ1) is 16.0. The highest BCUT2D eigenvalue weighted by Crippen LogP contribution is 2.31. The number of hydrogen-bond donors (Lipinski definition) is 3. The fourth-order valence-corrected chi connectivity index (χ4v) is 2.46. The normalized spacial score (nSPS) is 11.0. The van der Waals surface area contributed by atoms with Crippen LogP contribution < -0.4 is 16.4 Å². The lowest BCUT2D eigenvalue weighted by atomic mass is 9.85. The van der Waals surface area contributed by atoms with Crippen LogP contribution in [0.3, 0.4) is 0 Å². The Kier molecular flexibility index (Phi) is 5.17. The van der Waals surface area contributed by atoms with Gasteiger partial charge in [0.2, 0.25) is 0 Å². The summed E-state index contributed by atoms with van der Waals surface area (Å²) in [5, 5.41) is 5.72. The third kappa shape index (κ3) is 3.65. The second-order valence-corrected chi connectivity index (χ2v) is 5.35. The van der Waals surface area contributed by atoms with E-state index >= 15 is 0 Å². The molecule has 0 spiro atoms. The Labute approximate surface area is 131 Å². The maximum atomic E-state index is 12.2. The Morgan fingerprint density at radius 1 is 0.955 bits per heavy atom. The Morgan fingerprint density at radius 2 is 1.55 bits per heavy atom. The van der Waals surface area contributed by atoms with Gasteiger partial charge in [0.25, 0.3) is 0 Å². The van der Waals surface area contributed by atoms with Crippen LogP contribution in [0.4, 0.5) is 16.2 Å². The third-order valence-electron chi connectivity index (χ3n) is 4.01. The van der Waals surface area contributed by atoms with Gasteiger partial charge >= 0.3 is 6.03 Å². The maximum absolute atomic E-state index is 12.2. The first-order valence-electron chi connectivity index (χ1n) is 7.60. The molecule has 0 aliphatic rings. The summed E-state index contributed by atoms with van der Waals surface area (Å²) in [6, 6.07) is 16.8. The molecule has 0 saturated carbocycles. The molecule has 2 amide bonds. The van der Waals surface area contributed by atoms with E-state index in [9.17, 15) is 4.79 Å². The second-order valence-electron chi connectivity index (χ2n) is 5.35. The molecule has 2 aromatic carbocycles. The minimum Gasteiger partial charge on any atom is -0.321 e. The first-order valence-corrected chi connectivity index (χ1v) is 7.60. The van der Waals surface area contributed by atoms with E-state index in [2.05, 4.69) is 24.5 Å². The van der Waals surface area contributed by atoms with Crippen LogP contribution in [0.2, 0.25) is 0 Å². The molecule has 0 radical (unpaired) electrons. The number of hydrogen-bond acceptors (Lipinski definition) is 2. The SMILES string of the molecule is CCC(N)(CC)c1ccccc1NC(=O)Nc1ccccc1. The van der Waals surface area contributed by atoms with E-state index in [1.54, 1.807) is 0 Å². The Bertz CT molecular complexity index is 621. The maximum Gasteiger partial charge on any atom is 0.323 e. The topological polar surface area (TPSA) is 67.1 Å². The molecule has 0 unspecified atom stereocenters. The van der Waals surface area contributed by atoms with Crippen molar-refractivity contribution in [3.63, 3.8) is 0 Å². The van der Waals surface area contributed by atoms with E-state index in [1.807, 2.05) is 54.6 Å². The molecule has 22 heavy (non-hydrogen) atoms. The predicted octanol–water partition coefficient (Wildman–Crippen LogP) is 4.30. The van der Waals surface area contributed by atoms with Crippen molar-refractivity contribution in [2.75, 3.05) is 10.6 Å². The van der Waals surface area contributed by atoms with Crippen molar-refractivity contribution >= 4 is 17.4 Å². The first-order chi connectivity index (χ1) is 10.6. The van der Waals surface area contributed by atoms with Gasteiger partial charge in [0.05, 0.1) is 0 Å². The number of para-hydroxylation sites is 2. The van der Waals surface area contributed by atoms with Crippen molar-refractivity contribution in [3.05, 3.63) is 60.2 Å². The summed E-state index contributed by atoms with van der Waals surface area (Å²) >= 11 is 0. The van der Waals surface area contributed by atoms with Gasteiger partial charge in [-0.15, -0.1) is 0 Å². The van der Waals surface area contributed by atoms with E-state index in [1.165, 1.54) is 0 Å². The highest BCUT2D eigenvalue weighted by atomic mass is 16.2. The molecule has 0 aliphatic heterocycles. The summed E-state index contributed by atoms with van der Waals surface area (Å²) in [6.45, 7) is 4.12. The minimum atomic E-state index is -0.434. The van der Waals surface area contributed by atoms with Gasteiger partial charge in [-0.2, -0.15) is 0 Å². The average molecular weight is 297 g/mol. The Hall–Kier alpha value is -2.33. The molecular formula is C18H23N3O. The molecule has 0 saturated heterocycles. The van der Waals surface area contributed by atoms with Gasteiger partial charge in [-0.25, -0.2) is 4.79 Å². The largest absolute Gasteiger partial charge is 0.323 e. The second kappa shape index (κ2) is 7.09. The Balaban J connectivity index is 2.18. The van der Waals surface area contributed by atoms with Crippen molar-refractivity contribution in [2.24, 2.45) is 5.73 Å². The van der Waals surface area contributed by atoms with E-state index in [0.717, 1.165) is 29.8 Å². The van der Waals surface area contributed by atoms with E-state index in [0.29, 0.717) is 0 Å². The van der Waals surface area contributed by atoms with Gasteiger partial charge < -0.3 is 16.4 Å². The number of nitrogens with one attached hydrogen (secondary N) is 2. The van der Waals surface area contributed by atoms with Crippen molar-refractivity contribution in [1.29, 1.82) is 0 Å². The van der Waals surface area contributed by atoms with Gasteiger partial charge in [0.15, 0.2) is 0 Å². The number of benzene rings is 2. The lowest BCUT2D eigenvalue weighted by Gasteiger charge is -2.29. The molecule has 0 atom stereocenters. The van der Waals surface area contributed by atoms with E-state index in [4.69, 9.17) is 5.73 Å². The fraction of sp³-hybridized carbons (Fsp3) is 0.278. The lowest BCUT2D eigenvalue weighted by molar-refractivity contribution is 0.262. The summed E-state index contributed by atoms with van der Waals surface area (Å²) in [5.74, 6) is 0. The highest BCUT2D eigenvalue weighted by Gasteiger charge is 2.26. The molecule has 0 aliphatic carbocycles. The van der Waals surface area contributed by atoms with Gasteiger partial charge in [0, 0.05) is 16.9 Å². The van der Waals surface area contributed by atoms with Crippen LogP contribution in [-0.4, -0.2) is 6.03 Å². The molecule has 0 bridgehead atoms. The van der Waals surface area contributed by atoms with Gasteiger partial charge in [0.1, 0.15) is 0 Å². The molecule has 0 aromatic heterocycles. The van der Waals surface area contributed by atoms with E-state index in [-0.39, 0.29) is 6.03 Å². The molecule has 4 N–H and O–H groups in total. The number of urea groups is 1. The molecule has 4 nitrogen and oxygen atoms in total.